The molecule has 10 heteroatoms. The number of para-hydroxylation sites is 1. The van der Waals surface area contributed by atoms with Gasteiger partial charge in [0.05, 0.1) is 0 Å². The lowest BCUT2D eigenvalue weighted by atomic mass is 9.93. The number of alkyl halides is 1. The highest BCUT2D eigenvalue weighted by atomic mass is 35.5. The van der Waals surface area contributed by atoms with Crippen molar-refractivity contribution in [3.63, 3.8) is 0 Å². The fourth-order valence-electron chi connectivity index (χ4n) is 4.83. The summed E-state index contributed by atoms with van der Waals surface area (Å²) in [5.41, 5.74) is 7.04. The van der Waals surface area contributed by atoms with Gasteiger partial charge in [-0.15, -0.1) is 0 Å². The number of rotatable bonds is 4. The average molecular weight is 481 g/mol. The van der Waals surface area contributed by atoms with E-state index >= 15 is 0 Å². The second kappa shape index (κ2) is 8.88. The zero-order chi connectivity index (χ0) is 23.8. The SMILES string of the molecule is N#CN1CCC[C@@H](N2c3c(c(N)n[nH]c3=O)C(c3ccc(Oc4ccccc4F)cc3)C2Cl)C1. The summed E-state index contributed by atoms with van der Waals surface area (Å²) in [6, 6.07) is 13.2. The van der Waals surface area contributed by atoms with Crippen LogP contribution in [0.5, 0.6) is 11.5 Å². The summed E-state index contributed by atoms with van der Waals surface area (Å²) in [6.45, 7) is 1.16. The molecular weight excluding hydrogens is 459 g/mol. The lowest BCUT2D eigenvalue weighted by Crippen LogP contribution is -2.49. The first-order valence-electron chi connectivity index (χ1n) is 11.0. The molecule has 3 N–H and O–H groups in total. The van der Waals surface area contributed by atoms with Crippen LogP contribution in [0.4, 0.5) is 15.9 Å². The monoisotopic (exact) mass is 480 g/mol. The van der Waals surface area contributed by atoms with Crippen molar-refractivity contribution >= 4 is 23.1 Å². The van der Waals surface area contributed by atoms with Crippen LogP contribution in [0.25, 0.3) is 0 Å². The third-order valence-corrected chi connectivity index (χ3v) is 6.83. The van der Waals surface area contributed by atoms with Gasteiger partial charge in [0.2, 0.25) is 0 Å². The van der Waals surface area contributed by atoms with Gasteiger partial charge in [0.15, 0.2) is 17.8 Å². The first-order chi connectivity index (χ1) is 16.5. The first-order valence-corrected chi connectivity index (χ1v) is 11.4. The predicted molar refractivity (Wildman–Crippen MR) is 126 cm³/mol. The van der Waals surface area contributed by atoms with E-state index in [0.717, 1.165) is 18.4 Å². The lowest BCUT2D eigenvalue weighted by molar-refractivity contribution is 0.280. The molecule has 0 amide bonds. The van der Waals surface area contributed by atoms with Crippen molar-refractivity contribution in [2.45, 2.75) is 30.3 Å². The molecule has 0 spiro atoms. The van der Waals surface area contributed by atoms with Gasteiger partial charge in [0, 0.05) is 30.6 Å². The van der Waals surface area contributed by atoms with E-state index in [1.54, 1.807) is 35.2 Å². The minimum absolute atomic E-state index is 0.119. The van der Waals surface area contributed by atoms with Crippen LogP contribution in [-0.4, -0.2) is 39.7 Å². The maximum absolute atomic E-state index is 13.9. The van der Waals surface area contributed by atoms with Crippen LogP contribution in [0.15, 0.2) is 53.3 Å². The number of H-pyrrole nitrogens is 1. The van der Waals surface area contributed by atoms with Gasteiger partial charge in [-0.3, -0.25) is 4.79 Å². The summed E-state index contributed by atoms with van der Waals surface area (Å²) in [5, 5.41) is 15.8. The number of fused-ring (bicyclic) bond motifs is 1. The van der Waals surface area contributed by atoms with E-state index in [2.05, 4.69) is 16.4 Å². The van der Waals surface area contributed by atoms with Gasteiger partial charge in [0.25, 0.3) is 5.56 Å². The highest BCUT2D eigenvalue weighted by Crippen LogP contribution is 2.48. The van der Waals surface area contributed by atoms with E-state index < -0.39 is 17.2 Å². The van der Waals surface area contributed by atoms with Crippen LogP contribution < -0.4 is 20.9 Å². The summed E-state index contributed by atoms with van der Waals surface area (Å²) in [7, 11) is 0. The fraction of sp³-hybridized carbons (Fsp3) is 0.292. The number of ether oxygens (including phenoxy) is 1. The Kier molecular flexibility index (Phi) is 5.75. The molecule has 2 aliphatic heterocycles. The average Bonchev–Trinajstić information content (AvgIpc) is 3.17. The molecule has 1 saturated heterocycles. The maximum atomic E-state index is 13.9. The van der Waals surface area contributed by atoms with E-state index in [9.17, 15) is 14.4 Å². The van der Waals surface area contributed by atoms with Gasteiger partial charge in [0.1, 0.15) is 22.8 Å². The number of nitrogens with two attached hydrogens (primary N) is 1. The van der Waals surface area contributed by atoms with Gasteiger partial charge in [-0.05, 0) is 42.7 Å². The summed E-state index contributed by atoms with van der Waals surface area (Å²) >= 11 is 7.01. The van der Waals surface area contributed by atoms with Gasteiger partial charge in [-0.2, -0.15) is 10.4 Å². The molecular formula is C24H22ClFN6O2. The smallest absolute Gasteiger partial charge is 0.288 e. The standard InChI is InChI=1S/C24H22ClFN6O2/c25-22-19(14-7-9-16(10-8-14)34-18-6-2-1-5-17(18)26)20-21(24(33)30-29-23(20)28)32(22)15-4-3-11-31(12-15)13-27/h1-2,5-10,15,19,22H,3-4,11-12H2,(H2,28,29)(H,30,33)/t15-,19?,22?/m1/s1. The highest BCUT2D eigenvalue weighted by Gasteiger charge is 2.45. The molecule has 2 aromatic carbocycles. The molecule has 0 aliphatic carbocycles. The number of anilines is 2. The Morgan fingerprint density at radius 2 is 2.00 bits per heavy atom. The number of aromatic amines is 1. The molecule has 2 aliphatic rings. The molecule has 3 aromatic rings. The molecule has 8 nitrogen and oxygen atoms in total. The lowest BCUT2D eigenvalue weighted by Gasteiger charge is -2.38. The van der Waals surface area contributed by atoms with E-state index in [0.29, 0.717) is 30.1 Å². The van der Waals surface area contributed by atoms with Crippen LogP contribution >= 0.6 is 11.6 Å². The van der Waals surface area contributed by atoms with Crippen LogP contribution in [-0.2, 0) is 0 Å². The number of hydrogen-bond acceptors (Lipinski definition) is 7. The molecule has 1 fully saturated rings. The Morgan fingerprint density at radius 1 is 1.24 bits per heavy atom. The Morgan fingerprint density at radius 3 is 2.74 bits per heavy atom. The number of benzene rings is 2. The van der Waals surface area contributed by atoms with Crippen molar-refractivity contribution in [1.29, 1.82) is 5.26 Å². The van der Waals surface area contributed by atoms with Crippen molar-refractivity contribution in [2.75, 3.05) is 23.7 Å². The number of nitrogens with one attached hydrogen (secondary N) is 1. The third kappa shape index (κ3) is 3.80. The number of halogens is 2. The second-order valence-electron chi connectivity index (χ2n) is 8.40. The van der Waals surface area contributed by atoms with Crippen LogP contribution in [0.3, 0.4) is 0 Å². The van der Waals surface area contributed by atoms with Crippen molar-refractivity contribution < 1.29 is 9.13 Å². The van der Waals surface area contributed by atoms with Gasteiger partial charge < -0.3 is 20.3 Å². The Balaban J connectivity index is 1.50. The first kappa shape index (κ1) is 22.0. The summed E-state index contributed by atoms with van der Waals surface area (Å²) in [4.78, 5) is 16.4. The highest BCUT2D eigenvalue weighted by molar-refractivity contribution is 6.23. The summed E-state index contributed by atoms with van der Waals surface area (Å²) < 4.78 is 19.6. The van der Waals surface area contributed by atoms with Gasteiger partial charge >= 0.3 is 0 Å². The predicted octanol–water partition coefficient (Wildman–Crippen LogP) is 3.75. The Bertz CT molecular complexity index is 1310. The second-order valence-corrected chi connectivity index (χ2v) is 8.85. The fourth-order valence-corrected chi connectivity index (χ4v) is 5.36. The molecule has 1 aromatic heterocycles. The third-order valence-electron chi connectivity index (χ3n) is 6.37. The molecule has 0 bridgehead atoms. The zero-order valence-electron chi connectivity index (χ0n) is 18.1. The number of likely N-dealkylation sites (tertiary alicyclic amines) is 1. The number of piperidine rings is 1. The number of aromatic nitrogens is 2. The van der Waals surface area contributed by atoms with Gasteiger partial charge in [-0.25, -0.2) is 9.49 Å². The molecule has 3 atom stereocenters. The Labute approximate surface area is 200 Å². The molecule has 174 valence electrons. The minimum Gasteiger partial charge on any atom is -0.454 e. The van der Waals surface area contributed by atoms with Crippen LogP contribution in [0.2, 0.25) is 0 Å². The molecule has 0 radical (unpaired) electrons. The number of nitrogens with zero attached hydrogens (tertiary/aromatic N) is 4. The number of nitriles is 1. The summed E-state index contributed by atoms with van der Waals surface area (Å²) in [6.07, 6.45) is 3.81. The molecule has 5 rings (SSSR count). The largest absolute Gasteiger partial charge is 0.454 e. The molecule has 2 unspecified atom stereocenters. The molecule has 34 heavy (non-hydrogen) atoms. The van der Waals surface area contributed by atoms with Crippen molar-refractivity contribution in [3.8, 4) is 17.7 Å². The van der Waals surface area contributed by atoms with Gasteiger partial charge in [-0.1, -0.05) is 35.9 Å². The minimum atomic E-state index is -0.607. The molecule has 3 heterocycles. The Hall–Kier alpha value is -3.77. The zero-order valence-corrected chi connectivity index (χ0v) is 18.9. The number of nitrogen functional groups attached to an aromatic ring is 1. The van der Waals surface area contributed by atoms with Crippen molar-refractivity contribution in [1.82, 2.24) is 15.1 Å². The van der Waals surface area contributed by atoms with E-state index in [1.165, 1.54) is 6.07 Å². The molecule has 0 saturated carbocycles. The van der Waals surface area contributed by atoms with Crippen molar-refractivity contribution in [3.05, 3.63) is 75.8 Å². The normalized spacial score (nSPS) is 21.7. The van der Waals surface area contributed by atoms with Crippen molar-refractivity contribution in [2.24, 2.45) is 0 Å². The van der Waals surface area contributed by atoms with E-state index in [1.807, 2.05) is 17.0 Å². The number of hydrogen-bond donors (Lipinski definition) is 2. The van der Waals surface area contributed by atoms with Crippen LogP contribution in [0.1, 0.15) is 29.9 Å². The topological polar surface area (TPSA) is 111 Å². The summed E-state index contributed by atoms with van der Waals surface area (Å²) in [5.74, 6) is -0.0882. The van der Waals surface area contributed by atoms with E-state index in [-0.39, 0.29) is 23.2 Å². The van der Waals surface area contributed by atoms with Crippen LogP contribution in [0, 0.1) is 17.3 Å². The van der Waals surface area contributed by atoms with E-state index in [4.69, 9.17) is 22.1 Å². The maximum Gasteiger partial charge on any atom is 0.288 e. The quantitative estimate of drug-likeness (QED) is 0.332.